The summed E-state index contributed by atoms with van der Waals surface area (Å²) in [5.74, 6) is 0.295. The van der Waals surface area contributed by atoms with Crippen LogP contribution in [-0.4, -0.2) is 38.9 Å². The van der Waals surface area contributed by atoms with Crippen LogP contribution < -0.4 is 15.4 Å². The first-order valence-electron chi connectivity index (χ1n) is 10.5. The molecule has 1 aromatic heterocycles. The molecule has 1 amide bonds. The molecule has 1 aliphatic rings. The lowest BCUT2D eigenvalue weighted by Crippen LogP contribution is -2.28. The third-order valence-electron chi connectivity index (χ3n) is 5.44. The van der Waals surface area contributed by atoms with E-state index in [1.165, 1.54) is 0 Å². The van der Waals surface area contributed by atoms with Crippen LogP contribution >= 0.6 is 0 Å². The van der Waals surface area contributed by atoms with E-state index in [0.717, 1.165) is 23.3 Å². The van der Waals surface area contributed by atoms with Gasteiger partial charge < -0.3 is 15.2 Å². The zero-order valence-corrected chi connectivity index (χ0v) is 17.7. The summed E-state index contributed by atoms with van der Waals surface area (Å²) in [6, 6.07) is 17.9. The maximum Gasteiger partial charge on any atom is 0.303 e. The number of hydrogen-bond acceptors (Lipinski definition) is 6. The van der Waals surface area contributed by atoms with Crippen molar-refractivity contribution < 1.29 is 19.4 Å². The molecule has 2 aromatic carbocycles. The minimum absolute atomic E-state index is 0.0270. The quantitative estimate of drug-likeness (QED) is 0.494. The second kappa shape index (κ2) is 9.51. The van der Waals surface area contributed by atoms with Crippen molar-refractivity contribution in [2.24, 2.45) is 0 Å². The van der Waals surface area contributed by atoms with Crippen LogP contribution in [0.5, 0.6) is 5.75 Å². The average Bonchev–Trinajstić information content (AvgIpc) is 3.21. The molecule has 32 heavy (non-hydrogen) atoms. The molecule has 0 radical (unpaired) electrons. The summed E-state index contributed by atoms with van der Waals surface area (Å²) in [6.07, 6.45) is 1.05. The maximum absolute atomic E-state index is 12.2. The summed E-state index contributed by atoms with van der Waals surface area (Å²) in [5, 5.41) is 19.4. The van der Waals surface area contributed by atoms with Gasteiger partial charge in [-0.25, -0.2) is 4.68 Å². The Balaban J connectivity index is 1.59. The van der Waals surface area contributed by atoms with Crippen LogP contribution in [-0.2, 0) is 9.59 Å². The van der Waals surface area contributed by atoms with E-state index in [1.54, 1.807) is 11.8 Å². The Morgan fingerprint density at radius 1 is 1.12 bits per heavy atom. The minimum atomic E-state index is -0.924. The molecule has 4 rings (SSSR count). The molecule has 3 aromatic rings. The molecule has 3 N–H and O–H groups in total. The molecule has 2 atom stereocenters. The van der Waals surface area contributed by atoms with Crippen molar-refractivity contribution in [3.05, 3.63) is 65.7 Å². The number of anilines is 2. The van der Waals surface area contributed by atoms with E-state index in [0.29, 0.717) is 5.95 Å². The van der Waals surface area contributed by atoms with Crippen molar-refractivity contribution in [1.82, 2.24) is 14.8 Å². The zero-order valence-electron chi connectivity index (χ0n) is 17.7. The molecule has 0 aliphatic carbocycles. The fourth-order valence-corrected chi connectivity index (χ4v) is 3.83. The first-order valence-corrected chi connectivity index (χ1v) is 10.5. The van der Waals surface area contributed by atoms with Gasteiger partial charge in [0.2, 0.25) is 11.9 Å². The molecule has 0 fully saturated rings. The number of hydrogen-bond donors (Lipinski definition) is 3. The van der Waals surface area contributed by atoms with Gasteiger partial charge in [-0.1, -0.05) is 42.5 Å². The molecule has 0 saturated heterocycles. The van der Waals surface area contributed by atoms with Crippen molar-refractivity contribution in [2.75, 3.05) is 17.7 Å². The number of nitrogens with zero attached hydrogens (tertiary/aromatic N) is 3. The topological polar surface area (TPSA) is 118 Å². The lowest BCUT2D eigenvalue weighted by atomic mass is 9.93. The standard InChI is InChI=1S/C23H25N5O4/c1-32-17-12-10-16(11-13-17)19-14-18(15-6-3-2-4-7-15)24-23-26-22(27-28(19)23)25-20(29)8-5-9-21(30)31/h2-4,6-7,10-13,18-19H,5,8-9,14H2,1H3,(H,30,31)(H2,24,25,26,27,29)/t18-,19-/m0/s1. The summed E-state index contributed by atoms with van der Waals surface area (Å²) in [5.41, 5.74) is 2.19. The lowest BCUT2D eigenvalue weighted by Gasteiger charge is -2.31. The van der Waals surface area contributed by atoms with Crippen molar-refractivity contribution in [3.63, 3.8) is 0 Å². The van der Waals surface area contributed by atoms with Gasteiger partial charge in [-0.05, 0) is 36.1 Å². The van der Waals surface area contributed by atoms with Crippen molar-refractivity contribution >= 4 is 23.8 Å². The van der Waals surface area contributed by atoms with Gasteiger partial charge in [0, 0.05) is 12.8 Å². The summed E-state index contributed by atoms with van der Waals surface area (Å²) >= 11 is 0. The number of carbonyl (C=O) groups excluding carboxylic acids is 1. The Morgan fingerprint density at radius 2 is 1.88 bits per heavy atom. The Morgan fingerprint density at radius 3 is 2.56 bits per heavy atom. The normalized spacial score (nSPS) is 17.2. The van der Waals surface area contributed by atoms with E-state index >= 15 is 0 Å². The van der Waals surface area contributed by atoms with Crippen LogP contribution in [0, 0.1) is 0 Å². The number of amides is 1. The van der Waals surface area contributed by atoms with Crippen molar-refractivity contribution in [2.45, 2.75) is 37.8 Å². The number of aliphatic carboxylic acids is 1. The highest BCUT2D eigenvalue weighted by molar-refractivity contribution is 5.89. The van der Waals surface area contributed by atoms with Gasteiger partial charge in [-0.15, -0.1) is 5.10 Å². The molecular formula is C23H25N5O4. The smallest absolute Gasteiger partial charge is 0.303 e. The van der Waals surface area contributed by atoms with Gasteiger partial charge in [-0.3, -0.25) is 14.9 Å². The first-order chi connectivity index (χ1) is 15.5. The Labute approximate surface area is 185 Å². The van der Waals surface area contributed by atoms with Gasteiger partial charge in [0.15, 0.2) is 0 Å². The van der Waals surface area contributed by atoms with Gasteiger partial charge >= 0.3 is 5.97 Å². The van der Waals surface area contributed by atoms with E-state index < -0.39 is 5.97 Å². The van der Waals surface area contributed by atoms with Crippen LogP contribution in [0.2, 0.25) is 0 Å². The molecule has 0 spiro atoms. The summed E-state index contributed by atoms with van der Waals surface area (Å²) in [7, 11) is 1.63. The first kappa shape index (κ1) is 21.4. The Bertz CT molecular complexity index is 1080. The second-order valence-electron chi connectivity index (χ2n) is 7.63. The highest BCUT2D eigenvalue weighted by atomic mass is 16.5. The largest absolute Gasteiger partial charge is 0.497 e. The molecule has 9 heteroatoms. The van der Waals surface area contributed by atoms with Crippen LogP contribution in [0.1, 0.15) is 48.9 Å². The van der Waals surface area contributed by atoms with Crippen LogP contribution in [0.25, 0.3) is 0 Å². The van der Waals surface area contributed by atoms with E-state index in [4.69, 9.17) is 9.84 Å². The minimum Gasteiger partial charge on any atom is -0.497 e. The highest BCUT2D eigenvalue weighted by Gasteiger charge is 2.31. The van der Waals surface area contributed by atoms with Gasteiger partial charge in [0.1, 0.15) is 5.75 Å². The SMILES string of the molecule is COc1ccc([C@@H]2C[C@@H](c3ccccc3)Nc3nc(NC(=O)CCCC(=O)O)nn32)cc1. The summed E-state index contributed by atoms with van der Waals surface area (Å²) in [6.45, 7) is 0. The predicted molar refractivity (Wildman–Crippen MR) is 119 cm³/mol. The monoisotopic (exact) mass is 435 g/mol. The Kier molecular flexibility index (Phi) is 6.34. The van der Waals surface area contributed by atoms with Crippen molar-refractivity contribution in [3.8, 4) is 5.75 Å². The van der Waals surface area contributed by atoms with E-state index in [-0.39, 0.29) is 43.2 Å². The number of benzene rings is 2. The van der Waals surface area contributed by atoms with Crippen LogP contribution in [0.3, 0.4) is 0 Å². The molecule has 2 heterocycles. The van der Waals surface area contributed by atoms with E-state index in [1.807, 2.05) is 42.5 Å². The fourth-order valence-electron chi connectivity index (χ4n) is 3.83. The van der Waals surface area contributed by atoms with Gasteiger partial charge in [0.25, 0.3) is 5.95 Å². The van der Waals surface area contributed by atoms with E-state index in [2.05, 4.69) is 32.8 Å². The molecule has 1 aliphatic heterocycles. The number of carboxylic acids is 1. The number of carbonyl (C=O) groups is 2. The highest BCUT2D eigenvalue weighted by Crippen LogP contribution is 2.38. The number of methoxy groups -OCH3 is 1. The predicted octanol–water partition coefficient (Wildman–Crippen LogP) is 3.63. The number of aromatic nitrogens is 3. The molecule has 0 bridgehead atoms. The maximum atomic E-state index is 12.2. The molecule has 0 saturated carbocycles. The summed E-state index contributed by atoms with van der Waals surface area (Å²) in [4.78, 5) is 27.3. The molecular weight excluding hydrogens is 410 g/mol. The third kappa shape index (κ3) is 4.88. The number of fused-ring (bicyclic) bond motifs is 1. The second-order valence-corrected chi connectivity index (χ2v) is 7.63. The third-order valence-corrected chi connectivity index (χ3v) is 5.44. The molecule has 0 unspecified atom stereocenters. The summed E-state index contributed by atoms with van der Waals surface area (Å²) < 4.78 is 7.07. The Hall–Kier alpha value is -3.88. The average molecular weight is 435 g/mol. The zero-order chi connectivity index (χ0) is 22.5. The van der Waals surface area contributed by atoms with Crippen molar-refractivity contribution in [1.29, 1.82) is 0 Å². The molecule has 9 nitrogen and oxygen atoms in total. The number of carboxylic acid groups (broad SMARTS) is 1. The fraction of sp³-hybridized carbons (Fsp3) is 0.304. The molecule has 166 valence electrons. The number of ether oxygens (including phenoxy) is 1. The van der Waals surface area contributed by atoms with Crippen LogP contribution in [0.4, 0.5) is 11.9 Å². The number of rotatable bonds is 8. The number of nitrogens with one attached hydrogen (secondary N) is 2. The van der Waals surface area contributed by atoms with Gasteiger partial charge in [-0.2, -0.15) is 4.98 Å². The van der Waals surface area contributed by atoms with E-state index in [9.17, 15) is 9.59 Å². The lowest BCUT2D eigenvalue weighted by molar-refractivity contribution is -0.137. The van der Waals surface area contributed by atoms with Gasteiger partial charge in [0.05, 0.1) is 19.2 Å². The van der Waals surface area contributed by atoms with Crippen LogP contribution in [0.15, 0.2) is 54.6 Å².